The molecule has 0 fully saturated rings. The third-order valence-corrected chi connectivity index (χ3v) is 7.99. The van der Waals surface area contributed by atoms with E-state index in [1.54, 1.807) is 14.2 Å². The van der Waals surface area contributed by atoms with Crippen molar-refractivity contribution in [3.05, 3.63) is 119 Å². The highest BCUT2D eigenvalue weighted by molar-refractivity contribution is 6.52. The zero-order valence-electron chi connectivity index (χ0n) is 24.8. The van der Waals surface area contributed by atoms with E-state index in [4.69, 9.17) is 24.6 Å². The van der Waals surface area contributed by atoms with Crippen molar-refractivity contribution < 1.29 is 9.47 Å². The molecule has 0 unspecified atom stereocenters. The van der Waals surface area contributed by atoms with Crippen LogP contribution in [-0.4, -0.2) is 35.7 Å². The number of anilines is 2. The summed E-state index contributed by atoms with van der Waals surface area (Å²) in [5.74, 6) is 3.48. The molecule has 2 aliphatic heterocycles. The van der Waals surface area contributed by atoms with Gasteiger partial charge in [0.25, 0.3) is 0 Å². The van der Waals surface area contributed by atoms with E-state index in [-0.39, 0.29) is 6.04 Å². The molecule has 8 heteroatoms. The molecule has 5 aromatic rings. The number of nitrogens with zero attached hydrogens (tertiary/aromatic N) is 5. The van der Waals surface area contributed by atoms with Crippen LogP contribution in [0.3, 0.4) is 0 Å². The molecule has 0 aliphatic carbocycles. The number of para-hydroxylation sites is 3. The topological polar surface area (TPSA) is 76.3 Å². The molecule has 0 radical (unpaired) electrons. The summed E-state index contributed by atoms with van der Waals surface area (Å²) in [7, 11) is 3.31. The number of rotatable bonds is 5. The minimum Gasteiger partial charge on any atom is -0.493 e. The van der Waals surface area contributed by atoms with Gasteiger partial charge < -0.3 is 19.7 Å². The van der Waals surface area contributed by atoms with E-state index >= 15 is 0 Å². The number of aryl methyl sites for hydroxylation is 3. The van der Waals surface area contributed by atoms with E-state index in [0.717, 1.165) is 51.0 Å². The molecule has 0 saturated heterocycles. The maximum atomic E-state index is 5.76. The van der Waals surface area contributed by atoms with E-state index in [9.17, 15) is 0 Å². The number of aliphatic imine (C=N–C) groups is 2. The Hall–Kier alpha value is -5.37. The first kappa shape index (κ1) is 26.5. The number of benzene rings is 4. The molecule has 7 rings (SSSR count). The summed E-state index contributed by atoms with van der Waals surface area (Å²) >= 11 is 0. The molecule has 1 atom stereocenters. The number of hydrogen-bond acceptors (Lipinski definition) is 6. The highest BCUT2D eigenvalue weighted by atomic mass is 16.5. The molecule has 0 amide bonds. The van der Waals surface area contributed by atoms with E-state index in [1.165, 1.54) is 5.56 Å². The van der Waals surface area contributed by atoms with Gasteiger partial charge in [-0.1, -0.05) is 54.1 Å². The molecular weight excluding hydrogens is 536 g/mol. The molecule has 2 aliphatic rings. The van der Waals surface area contributed by atoms with Crippen LogP contribution in [0.15, 0.2) is 101 Å². The van der Waals surface area contributed by atoms with E-state index in [0.29, 0.717) is 23.2 Å². The van der Waals surface area contributed by atoms with Crippen LogP contribution in [0.2, 0.25) is 0 Å². The fraction of sp³-hybridized carbons (Fsp3) is 0.171. The smallest absolute Gasteiger partial charge is 0.179 e. The molecule has 0 saturated carbocycles. The molecule has 8 nitrogen and oxygen atoms in total. The molecule has 4 aromatic carbocycles. The average molecular weight is 569 g/mol. The normalized spacial score (nSPS) is 16.1. The largest absolute Gasteiger partial charge is 0.493 e. The van der Waals surface area contributed by atoms with Gasteiger partial charge in [0, 0.05) is 5.56 Å². The number of hydrogen-bond donors (Lipinski definition) is 1. The summed E-state index contributed by atoms with van der Waals surface area (Å²) in [4.78, 5) is 12.8. The number of aromatic nitrogens is 2. The van der Waals surface area contributed by atoms with Crippen LogP contribution in [0.5, 0.6) is 11.5 Å². The van der Waals surface area contributed by atoms with Crippen molar-refractivity contribution >= 4 is 34.6 Å². The SMILES string of the molecule is COc1ccc([C@@H]2c3c(C)nn(-c4ccccc4)c3N=C3C(=Nc4ccc(C)cc4C)Nc4ccccc4N32)cc1OC. The minimum atomic E-state index is -0.271. The second-order valence-electron chi connectivity index (χ2n) is 10.8. The third kappa shape index (κ3) is 4.43. The van der Waals surface area contributed by atoms with Gasteiger partial charge in [-0.2, -0.15) is 5.10 Å². The lowest BCUT2D eigenvalue weighted by atomic mass is 9.92. The Labute approximate surface area is 251 Å². The maximum Gasteiger partial charge on any atom is 0.179 e. The summed E-state index contributed by atoms with van der Waals surface area (Å²) in [6, 6.07) is 30.5. The first-order valence-corrected chi connectivity index (χ1v) is 14.2. The first-order chi connectivity index (χ1) is 21.0. The maximum absolute atomic E-state index is 5.76. The minimum absolute atomic E-state index is 0.271. The first-order valence-electron chi connectivity index (χ1n) is 14.2. The second kappa shape index (κ2) is 10.5. The van der Waals surface area contributed by atoms with Crippen molar-refractivity contribution in [3.8, 4) is 17.2 Å². The lowest BCUT2D eigenvalue weighted by Gasteiger charge is -2.42. The highest BCUT2D eigenvalue weighted by Crippen LogP contribution is 2.48. The lowest BCUT2D eigenvalue weighted by molar-refractivity contribution is 0.354. The third-order valence-electron chi connectivity index (χ3n) is 7.99. The van der Waals surface area contributed by atoms with Gasteiger partial charge in [0.15, 0.2) is 29.0 Å². The molecule has 43 heavy (non-hydrogen) atoms. The number of amidine groups is 2. The number of ether oxygens (including phenoxy) is 2. The lowest BCUT2D eigenvalue weighted by Crippen LogP contribution is -2.48. The number of fused-ring (bicyclic) bond motifs is 4. The molecular formula is C35H32N6O2. The Morgan fingerprint density at radius 2 is 1.58 bits per heavy atom. The molecule has 1 aromatic heterocycles. The quantitative estimate of drug-likeness (QED) is 0.236. The van der Waals surface area contributed by atoms with Gasteiger partial charge in [0.2, 0.25) is 0 Å². The van der Waals surface area contributed by atoms with Crippen molar-refractivity contribution in [2.75, 3.05) is 24.4 Å². The molecule has 0 bridgehead atoms. The Morgan fingerprint density at radius 1 is 0.814 bits per heavy atom. The highest BCUT2D eigenvalue weighted by Gasteiger charge is 2.42. The summed E-state index contributed by atoms with van der Waals surface area (Å²) in [5.41, 5.74) is 8.99. The van der Waals surface area contributed by atoms with Crippen LogP contribution in [0.25, 0.3) is 5.69 Å². The molecule has 3 heterocycles. The summed E-state index contributed by atoms with van der Waals surface area (Å²) < 4.78 is 13.3. The van der Waals surface area contributed by atoms with Crippen molar-refractivity contribution in [1.82, 2.24) is 9.78 Å². The Balaban J connectivity index is 1.53. The van der Waals surface area contributed by atoms with Crippen LogP contribution in [-0.2, 0) is 0 Å². The molecule has 214 valence electrons. The summed E-state index contributed by atoms with van der Waals surface area (Å²) in [6.07, 6.45) is 0. The summed E-state index contributed by atoms with van der Waals surface area (Å²) in [6.45, 7) is 6.22. The van der Waals surface area contributed by atoms with Gasteiger partial charge in [-0.25, -0.2) is 14.7 Å². The summed E-state index contributed by atoms with van der Waals surface area (Å²) in [5, 5.41) is 8.63. The zero-order valence-corrected chi connectivity index (χ0v) is 24.8. The predicted octanol–water partition coefficient (Wildman–Crippen LogP) is 7.61. The van der Waals surface area contributed by atoms with Crippen LogP contribution < -0.4 is 19.7 Å². The van der Waals surface area contributed by atoms with Crippen molar-refractivity contribution in [1.29, 1.82) is 0 Å². The van der Waals surface area contributed by atoms with Gasteiger partial charge in [-0.15, -0.1) is 0 Å². The molecule has 1 N–H and O–H groups in total. The Kier molecular flexibility index (Phi) is 6.46. The van der Waals surface area contributed by atoms with Crippen molar-refractivity contribution in [2.45, 2.75) is 26.8 Å². The van der Waals surface area contributed by atoms with Crippen LogP contribution >= 0.6 is 0 Å². The van der Waals surface area contributed by atoms with Crippen LogP contribution in [0, 0.1) is 20.8 Å². The molecule has 0 spiro atoms. The van der Waals surface area contributed by atoms with Gasteiger partial charge in [-0.05, 0) is 74.4 Å². The van der Waals surface area contributed by atoms with Crippen molar-refractivity contribution in [3.63, 3.8) is 0 Å². The van der Waals surface area contributed by atoms with Gasteiger partial charge in [-0.3, -0.25) is 0 Å². The predicted molar refractivity (Wildman–Crippen MR) is 172 cm³/mol. The average Bonchev–Trinajstić information content (AvgIpc) is 3.37. The number of nitrogens with one attached hydrogen (secondary N) is 1. The zero-order chi connectivity index (χ0) is 29.7. The van der Waals surface area contributed by atoms with Crippen LogP contribution in [0.4, 0.5) is 22.9 Å². The fourth-order valence-electron chi connectivity index (χ4n) is 5.97. The monoisotopic (exact) mass is 568 g/mol. The van der Waals surface area contributed by atoms with Crippen molar-refractivity contribution in [2.24, 2.45) is 9.98 Å². The van der Waals surface area contributed by atoms with Crippen LogP contribution in [0.1, 0.15) is 34.0 Å². The van der Waals surface area contributed by atoms with Gasteiger partial charge in [0.1, 0.15) is 0 Å². The van der Waals surface area contributed by atoms with E-state index < -0.39 is 0 Å². The number of methoxy groups -OCH3 is 2. The van der Waals surface area contributed by atoms with E-state index in [1.807, 2.05) is 66.2 Å². The van der Waals surface area contributed by atoms with E-state index in [2.05, 4.69) is 60.5 Å². The Morgan fingerprint density at radius 3 is 2.35 bits per heavy atom. The second-order valence-corrected chi connectivity index (χ2v) is 10.8. The Bertz CT molecular complexity index is 1920. The standard InChI is InChI=1S/C35H32N6O2/c1-21-15-17-26(22(2)19-21)36-33-35-38-34-31(23(3)39-41(34)25-11-7-6-8-12-25)32(24-16-18-29(42-4)30(20-24)43-5)40(35)28-14-10-9-13-27(28)37-33/h6-20,32H,1-5H3,(H,36,37)/t32-/m1/s1. The van der Waals surface area contributed by atoms with Gasteiger partial charge in [0.05, 0.1) is 48.7 Å². The fourth-order valence-corrected chi connectivity index (χ4v) is 5.97. The van der Waals surface area contributed by atoms with Gasteiger partial charge >= 0.3 is 0 Å².